The van der Waals surface area contributed by atoms with Crippen LogP contribution in [0.4, 0.5) is 0 Å². The molecule has 3 rings (SSSR count). The monoisotopic (exact) mass is 391 g/mol. The first kappa shape index (κ1) is 20.9. The van der Waals surface area contributed by atoms with E-state index >= 15 is 0 Å². The first-order chi connectivity index (χ1) is 12.7. The lowest BCUT2D eigenvalue weighted by Gasteiger charge is -2.36. The Morgan fingerprint density at radius 1 is 1.26 bits per heavy atom. The molecule has 0 bridgehead atoms. The van der Waals surface area contributed by atoms with Crippen LogP contribution in [0.1, 0.15) is 28.8 Å². The van der Waals surface area contributed by atoms with Crippen molar-refractivity contribution in [2.75, 3.05) is 26.7 Å². The number of hydrogen-bond acceptors (Lipinski definition) is 4. The highest BCUT2D eigenvalue weighted by molar-refractivity contribution is 5.94. The highest BCUT2D eigenvalue weighted by atomic mass is 35.5. The van der Waals surface area contributed by atoms with Gasteiger partial charge in [-0.3, -0.25) is 14.3 Å². The molecular formula is C19H26ClN5O2. The summed E-state index contributed by atoms with van der Waals surface area (Å²) in [5, 5.41) is 13.3. The van der Waals surface area contributed by atoms with Crippen LogP contribution in [0.2, 0.25) is 0 Å². The summed E-state index contributed by atoms with van der Waals surface area (Å²) in [6.07, 6.45) is 5.67. The average Bonchev–Trinajstić information content (AvgIpc) is 3.23. The molecule has 2 amide bonds. The van der Waals surface area contributed by atoms with Gasteiger partial charge in [0.1, 0.15) is 5.54 Å². The summed E-state index contributed by atoms with van der Waals surface area (Å²) in [6, 6.07) is 9.31. The Balaban J connectivity index is 0.00000261. The first-order valence-corrected chi connectivity index (χ1v) is 8.96. The van der Waals surface area contributed by atoms with Crippen molar-refractivity contribution in [1.29, 1.82) is 0 Å². The Morgan fingerprint density at radius 2 is 2.04 bits per heavy atom. The van der Waals surface area contributed by atoms with E-state index in [1.807, 2.05) is 30.5 Å². The molecule has 0 saturated carbocycles. The SMILES string of the molecule is CNC(=O)c1cccc(CCNC(=O)C2(n3cccn3)CCNCC2)c1.Cl. The number of halogens is 1. The van der Waals surface area contributed by atoms with Gasteiger partial charge in [-0.1, -0.05) is 12.1 Å². The lowest BCUT2D eigenvalue weighted by atomic mass is 9.87. The Labute approximate surface area is 165 Å². The van der Waals surface area contributed by atoms with Crippen molar-refractivity contribution in [2.45, 2.75) is 24.8 Å². The number of nitrogens with one attached hydrogen (secondary N) is 3. The fraction of sp³-hybridized carbons (Fsp3) is 0.421. The molecule has 3 N–H and O–H groups in total. The van der Waals surface area contributed by atoms with E-state index in [1.54, 1.807) is 24.0 Å². The maximum Gasteiger partial charge on any atom is 0.251 e. The van der Waals surface area contributed by atoms with Gasteiger partial charge >= 0.3 is 0 Å². The van der Waals surface area contributed by atoms with Crippen molar-refractivity contribution in [1.82, 2.24) is 25.7 Å². The molecule has 27 heavy (non-hydrogen) atoms. The molecule has 7 nitrogen and oxygen atoms in total. The summed E-state index contributed by atoms with van der Waals surface area (Å²) >= 11 is 0. The number of amides is 2. The number of nitrogens with zero attached hydrogens (tertiary/aromatic N) is 2. The van der Waals surface area contributed by atoms with E-state index in [2.05, 4.69) is 21.0 Å². The van der Waals surface area contributed by atoms with Crippen LogP contribution in [0.15, 0.2) is 42.7 Å². The molecule has 0 radical (unpaired) electrons. The molecule has 1 aliphatic heterocycles. The Hall–Kier alpha value is -2.38. The van der Waals surface area contributed by atoms with E-state index in [-0.39, 0.29) is 24.2 Å². The molecule has 0 spiro atoms. The standard InChI is InChI=1S/C19H25N5O2.ClH/c1-20-17(25)16-5-2-4-15(14-16)6-10-22-18(26)19(7-11-21-12-8-19)24-13-3-9-23-24;/h2-5,9,13-14,21H,6-8,10-12H2,1H3,(H,20,25)(H,22,26);1H. The van der Waals surface area contributed by atoms with Crippen LogP contribution < -0.4 is 16.0 Å². The fourth-order valence-electron chi connectivity index (χ4n) is 3.42. The van der Waals surface area contributed by atoms with Crippen LogP contribution in [0.5, 0.6) is 0 Å². The minimum absolute atomic E-state index is 0. The molecule has 0 aliphatic carbocycles. The molecule has 2 aromatic rings. The van der Waals surface area contributed by atoms with Crippen LogP contribution in [0.3, 0.4) is 0 Å². The van der Waals surface area contributed by atoms with Crippen molar-refractivity contribution in [3.8, 4) is 0 Å². The third-order valence-corrected chi connectivity index (χ3v) is 4.91. The summed E-state index contributed by atoms with van der Waals surface area (Å²) in [7, 11) is 1.61. The third-order valence-electron chi connectivity index (χ3n) is 4.91. The minimum atomic E-state index is -0.626. The second-order valence-corrected chi connectivity index (χ2v) is 6.52. The summed E-state index contributed by atoms with van der Waals surface area (Å²) in [4.78, 5) is 24.7. The molecule has 1 aliphatic rings. The number of carbonyl (C=O) groups excluding carboxylic acids is 2. The predicted octanol–water partition coefficient (Wildman–Crippen LogP) is 1.10. The average molecular weight is 392 g/mol. The predicted molar refractivity (Wildman–Crippen MR) is 106 cm³/mol. The first-order valence-electron chi connectivity index (χ1n) is 8.96. The highest BCUT2D eigenvalue weighted by Gasteiger charge is 2.41. The largest absolute Gasteiger partial charge is 0.355 e. The van der Waals surface area contributed by atoms with Gasteiger partial charge in [0, 0.05) is 31.5 Å². The van der Waals surface area contributed by atoms with Crippen LogP contribution in [-0.2, 0) is 16.8 Å². The molecule has 0 unspecified atom stereocenters. The molecule has 8 heteroatoms. The number of benzene rings is 1. The van der Waals surface area contributed by atoms with Gasteiger partial charge in [-0.25, -0.2) is 0 Å². The lowest BCUT2D eigenvalue weighted by molar-refractivity contribution is -0.131. The zero-order chi connectivity index (χ0) is 18.4. The molecule has 1 saturated heterocycles. The van der Waals surface area contributed by atoms with E-state index in [4.69, 9.17) is 0 Å². The Bertz CT molecular complexity index is 757. The molecule has 146 valence electrons. The number of carbonyl (C=O) groups is 2. The van der Waals surface area contributed by atoms with E-state index in [9.17, 15) is 9.59 Å². The smallest absolute Gasteiger partial charge is 0.251 e. The van der Waals surface area contributed by atoms with Gasteiger partial charge in [0.05, 0.1) is 0 Å². The van der Waals surface area contributed by atoms with Crippen molar-refractivity contribution in [2.24, 2.45) is 0 Å². The summed E-state index contributed by atoms with van der Waals surface area (Å²) in [5.74, 6) is -0.103. The topological polar surface area (TPSA) is 88.1 Å². The second-order valence-electron chi connectivity index (χ2n) is 6.52. The van der Waals surface area contributed by atoms with E-state index in [0.29, 0.717) is 31.4 Å². The quantitative estimate of drug-likeness (QED) is 0.688. The summed E-state index contributed by atoms with van der Waals surface area (Å²) < 4.78 is 1.79. The van der Waals surface area contributed by atoms with E-state index < -0.39 is 5.54 Å². The van der Waals surface area contributed by atoms with Crippen molar-refractivity contribution in [3.63, 3.8) is 0 Å². The van der Waals surface area contributed by atoms with Crippen molar-refractivity contribution < 1.29 is 9.59 Å². The van der Waals surface area contributed by atoms with Gasteiger partial charge in [-0.05, 0) is 56.1 Å². The molecule has 1 fully saturated rings. The fourth-order valence-corrected chi connectivity index (χ4v) is 3.42. The molecule has 2 heterocycles. The third kappa shape index (κ3) is 4.67. The highest BCUT2D eigenvalue weighted by Crippen LogP contribution is 2.27. The minimum Gasteiger partial charge on any atom is -0.355 e. The zero-order valence-electron chi connectivity index (χ0n) is 15.4. The molecule has 1 aromatic heterocycles. The second kappa shape index (κ2) is 9.53. The summed E-state index contributed by atoms with van der Waals surface area (Å²) in [5.41, 5.74) is 1.02. The Kier molecular flexibility index (Phi) is 7.38. The van der Waals surface area contributed by atoms with Gasteiger partial charge in [0.2, 0.25) is 5.91 Å². The van der Waals surface area contributed by atoms with E-state index in [1.165, 1.54) is 0 Å². The molecule has 1 aromatic carbocycles. The number of aromatic nitrogens is 2. The van der Waals surface area contributed by atoms with Gasteiger partial charge in [-0.2, -0.15) is 5.10 Å². The van der Waals surface area contributed by atoms with Gasteiger partial charge in [0.15, 0.2) is 0 Å². The van der Waals surface area contributed by atoms with Crippen LogP contribution in [0.25, 0.3) is 0 Å². The number of rotatable bonds is 6. The summed E-state index contributed by atoms with van der Waals surface area (Å²) in [6.45, 7) is 2.11. The molecular weight excluding hydrogens is 366 g/mol. The van der Waals surface area contributed by atoms with Crippen molar-refractivity contribution >= 4 is 24.2 Å². The maximum absolute atomic E-state index is 13.0. The normalized spacial score (nSPS) is 15.4. The number of hydrogen-bond donors (Lipinski definition) is 3. The lowest BCUT2D eigenvalue weighted by Crippen LogP contribution is -2.54. The molecule has 0 atom stereocenters. The zero-order valence-corrected chi connectivity index (χ0v) is 16.2. The van der Waals surface area contributed by atoms with Crippen LogP contribution in [-0.4, -0.2) is 48.3 Å². The van der Waals surface area contributed by atoms with Gasteiger partial charge in [-0.15, -0.1) is 12.4 Å². The van der Waals surface area contributed by atoms with Gasteiger partial charge in [0.25, 0.3) is 5.91 Å². The van der Waals surface area contributed by atoms with Crippen LogP contribution in [0, 0.1) is 0 Å². The van der Waals surface area contributed by atoms with Crippen LogP contribution >= 0.6 is 12.4 Å². The maximum atomic E-state index is 13.0. The number of piperidine rings is 1. The Morgan fingerprint density at radius 3 is 2.70 bits per heavy atom. The van der Waals surface area contributed by atoms with E-state index in [0.717, 1.165) is 18.7 Å². The van der Waals surface area contributed by atoms with Gasteiger partial charge < -0.3 is 16.0 Å². The van der Waals surface area contributed by atoms with Crippen molar-refractivity contribution in [3.05, 3.63) is 53.9 Å².